The summed E-state index contributed by atoms with van der Waals surface area (Å²) in [6, 6.07) is -0.417. The highest BCUT2D eigenvalue weighted by Crippen LogP contribution is 2.40. The number of amides is 4. The van der Waals surface area contributed by atoms with E-state index in [-0.39, 0.29) is 18.4 Å². The molecule has 1 atom stereocenters. The van der Waals surface area contributed by atoms with E-state index < -0.39 is 11.6 Å². The Morgan fingerprint density at radius 3 is 2.64 bits per heavy atom. The molecular weight excluding hydrogens is 318 g/mol. The smallest absolute Gasteiger partial charge is 0.318 e. The second kappa shape index (κ2) is 5.72. The number of allylic oxidation sites excluding steroid dienone is 6. The Morgan fingerprint density at radius 2 is 1.96 bits per heavy atom. The quantitative estimate of drug-likeness (QED) is 0.800. The van der Waals surface area contributed by atoms with Crippen LogP contribution in [-0.4, -0.2) is 46.8 Å². The predicted octanol–water partition coefficient (Wildman–Crippen LogP) is 2.02. The number of hydrogen-bond donors (Lipinski definition) is 1. The number of likely N-dealkylation sites (N-methyl/N-ethyl adjacent to an activating group) is 1. The van der Waals surface area contributed by atoms with Crippen molar-refractivity contribution in [1.82, 2.24) is 15.1 Å². The number of nitrogens with zero attached hydrogens (tertiary/aromatic N) is 2. The number of rotatable bonds is 3. The highest BCUT2D eigenvalue weighted by Gasteiger charge is 2.54. The Morgan fingerprint density at radius 1 is 1.16 bits per heavy atom. The molecule has 4 amide bonds. The van der Waals surface area contributed by atoms with Crippen molar-refractivity contribution in [3.05, 3.63) is 47.2 Å². The molecule has 0 saturated carbocycles. The Kier molecular flexibility index (Phi) is 3.63. The van der Waals surface area contributed by atoms with E-state index in [0.29, 0.717) is 19.3 Å². The molecule has 2 aliphatic heterocycles. The van der Waals surface area contributed by atoms with Crippen molar-refractivity contribution in [2.24, 2.45) is 0 Å². The van der Waals surface area contributed by atoms with E-state index in [1.165, 1.54) is 12.6 Å². The number of nitrogens with one attached hydrogen (secondary N) is 1. The van der Waals surface area contributed by atoms with Crippen LogP contribution in [0, 0.1) is 0 Å². The fraction of sp³-hybridized carbons (Fsp3) is 0.421. The van der Waals surface area contributed by atoms with E-state index in [0.717, 1.165) is 28.9 Å². The Bertz CT molecular complexity index is 790. The van der Waals surface area contributed by atoms with Crippen LogP contribution in [0.1, 0.15) is 32.1 Å². The van der Waals surface area contributed by atoms with Gasteiger partial charge in [0, 0.05) is 19.7 Å². The molecule has 4 aliphatic rings. The summed E-state index contributed by atoms with van der Waals surface area (Å²) < 4.78 is 0. The van der Waals surface area contributed by atoms with Crippen LogP contribution in [-0.2, 0) is 9.59 Å². The van der Waals surface area contributed by atoms with E-state index in [1.807, 2.05) is 12.2 Å². The molecule has 1 saturated heterocycles. The maximum Gasteiger partial charge on any atom is 0.325 e. The zero-order chi connectivity index (χ0) is 17.6. The van der Waals surface area contributed by atoms with E-state index >= 15 is 0 Å². The number of urea groups is 1. The summed E-state index contributed by atoms with van der Waals surface area (Å²) in [5, 5.41) is 2.88. The first kappa shape index (κ1) is 15.9. The molecular formula is C19H21N3O3. The zero-order valence-electron chi connectivity index (χ0n) is 14.2. The predicted molar refractivity (Wildman–Crippen MR) is 92.2 cm³/mol. The van der Waals surface area contributed by atoms with Gasteiger partial charge in [-0.05, 0) is 36.8 Å². The van der Waals surface area contributed by atoms with Gasteiger partial charge >= 0.3 is 6.03 Å². The van der Waals surface area contributed by atoms with Gasteiger partial charge in [0.2, 0.25) is 5.91 Å². The topological polar surface area (TPSA) is 69.7 Å². The summed E-state index contributed by atoms with van der Waals surface area (Å²) in [5.74, 6) is -0.311. The molecule has 130 valence electrons. The number of carbonyl (C=O) groups excluding carboxylic acids is 3. The summed E-state index contributed by atoms with van der Waals surface area (Å²) in [5.41, 5.74) is 2.14. The summed E-state index contributed by atoms with van der Waals surface area (Å²) in [6.07, 6.45) is 13.7. The summed E-state index contributed by atoms with van der Waals surface area (Å²) in [4.78, 5) is 40.2. The fourth-order valence-corrected chi connectivity index (χ4v) is 3.97. The van der Waals surface area contributed by atoms with Gasteiger partial charge in [-0.2, -0.15) is 0 Å². The first-order chi connectivity index (χ1) is 12.0. The molecule has 1 N–H and O–H groups in total. The van der Waals surface area contributed by atoms with Crippen LogP contribution in [0.4, 0.5) is 4.79 Å². The van der Waals surface area contributed by atoms with Gasteiger partial charge in [0.25, 0.3) is 5.91 Å². The summed E-state index contributed by atoms with van der Waals surface area (Å²) in [6.45, 7) is 0.146. The monoisotopic (exact) mass is 339 g/mol. The molecule has 6 nitrogen and oxygen atoms in total. The van der Waals surface area contributed by atoms with Crippen molar-refractivity contribution in [3.63, 3.8) is 0 Å². The standard InChI is InChI=1S/C19H21N3O3/c1-21-17(24)19(20-18(21)25,12-22-9-5-4-8-16(22)23)15-10-13-6-2-3-7-14(13)11-15/h2,5-6,9-10H,3-4,7-8,11-12H2,1H3,(H,20,25). The van der Waals surface area contributed by atoms with Gasteiger partial charge in [-0.1, -0.05) is 29.9 Å². The lowest BCUT2D eigenvalue weighted by Gasteiger charge is -2.34. The fourth-order valence-electron chi connectivity index (χ4n) is 3.97. The molecule has 1 fully saturated rings. The normalized spacial score (nSPS) is 28.7. The highest BCUT2D eigenvalue weighted by molar-refractivity contribution is 6.09. The van der Waals surface area contributed by atoms with Crippen molar-refractivity contribution in [2.45, 2.75) is 37.6 Å². The molecule has 0 aromatic heterocycles. The van der Waals surface area contributed by atoms with Gasteiger partial charge in [0.1, 0.15) is 0 Å². The largest absolute Gasteiger partial charge is 0.325 e. The highest BCUT2D eigenvalue weighted by atomic mass is 16.2. The van der Waals surface area contributed by atoms with Crippen LogP contribution in [0.3, 0.4) is 0 Å². The molecule has 0 bridgehead atoms. The molecule has 6 heteroatoms. The lowest BCUT2D eigenvalue weighted by atomic mass is 9.86. The summed E-state index contributed by atoms with van der Waals surface area (Å²) in [7, 11) is 1.48. The van der Waals surface area contributed by atoms with Gasteiger partial charge in [-0.15, -0.1) is 0 Å². The minimum Gasteiger partial charge on any atom is -0.318 e. The van der Waals surface area contributed by atoms with Crippen LogP contribution in [0.15, 0.2) is 47.2 Å². The molecule has 1 unspecified atom stereocenters. The minimum absolute atomic E-state index is 0.0188. The lowest BCUT2D eigenvalue weighted by Crippen LogP contribution is -2.56. The molecule has 0 spiro atoms. The molecule has 0 aromatic carbocycles. The van der Waals surface area contributed by atoms with E-state index in [2.05, 4.69) is 17.5 Å². The molecule has 0 radical (unpaired) electrons. The Hall–Kier alpha value is -2.63. The van der Waals surface area contributed by atoms with Crippen LogP contribution >= 0.6 is 0 Å². The third kappa shape index (κ3) is 2.44. The molecule has 2 aliphatic carbocycles. The maximum atomic E-state index is 13.0. The first-order valence-electron chi connectivity index (χ1n) is 8.67. The van der Waals surface area contributed by atoms with E-state index in [9.17, 15) is 14.4 Å². The van der Waals surface area contributed by atoms with Crippen molar-refractivity contribution < 1.29 is 14.4 Å². The molecule has 25 heavy (non-hydrogen) atoms. The SMILES string of the molecule is CN1C(=O)NC(CN2C=CCCC2=O)(C2=CC3=C(CCC=C3)C2)C1=O. The molecule has 0 aromatic rings. The minimum atomic E-state index is -1.17. The number of carbonyl (C=O) groups is 3. The van der Waals surface area contributed by atoms with E-state index in [1.54, 1.807) is 11.1 Å². The second-order valence-corrected chi connectivity index (χ2v) is 6.99. The van der Waals surface area contributed by atoms with Crippen LogP contribution < -0.4 is 5.32 Å². The third-order valence-electron chi connectivity index (χ3n) is 5.43. The third-order valence-corrected chi connectivity index (χ3v) is 5.43. The average molecular weight is 339 g/mol. The van der Waals surface area contributed by atoms with Crippen LogP contribution in [0.25, 0.3) is 0 Å². The van der Waals surface area contributed by atoms with Crippen LogP contribution in [0.5, 0.6) is 0 Å². The first-order valence-corrected chi connectivity index (χ1v) is 8.67. The van der Waals surface area contributed by atoms with Crippen LogP contribution in [0.2, 0.25) is 0 Å². The van der Waals surface area contributed by atoms with Gasteiger partial charge in [0.15, 0.2) is 5.54 Å². The molecule has 4 rings (SSSR count). The van der Waals surface area contributed by atoms with Gasteiger partial charge < -0.3 is 10.2 Å². The second-order valence-electron chi connectivity index (χ2n) is 6.99. The van der Waals surface area contributed by atoms with Crippen molar-refractivity contribution in [3.8, 4) is 0 Å². The Labute approximate surface area is 146 Å². The number of imide groups is 1. The number of hydrogen-bond acceptors (Lipinski definition) is 3. The van der Waals surface area contributed by atoms with Crippen molar-refractivity contribution in [2.75, 3.05) is 13.6 Å². The lowest BCUT2D eigenvalue weighted by molar-refractivity contribution is -0.133. The summed E-state index contributed by atoms with van der Waals surface area (Å²) >= 11 is 0. The van der Waals surface area contributed by atoms with Gasteiger partial charge in [0.05, 0.1) is 6.54 Å². The van der Waals surface area contributed by atoms with E-state index in [4.69, 9.17) is 0 Å². The molecule has 2 heterocycles. The van der Waals surface area contributed by atoms with Crippen molar-refractivity contribution >= 4 is 17.8 Å². The van der Waals surface area contributed by atoms with Gasteiger partial charge in [-0.3, -0.25) is 14.5 Å². The average Bonchev–Trinajstić information content (AvgIpc) is 3.14. The Balaban J connectivity index is 1.71. The van der Waals surface area contributed by atoms with Gasteiger partial charge in [-0.25, -0.2) is 4.79 Å². The maximum absolute atomic E-state index is 13.0. The van der Waals surface area contributed by atoms with Crippen molar-refractivity contribution in [1.29, 1.82) is 0 Å². The zero-order valence-corrected chi connectivity index (χ0v) is 14.2.